The van der Waals surface area contributed by atoms with Crippen molar-refractivity contribution in [3.8, 4) is 0 Å². The van der Waals surface area contributed by atoms with E-state index < -0.39 is 12.0 Å². The van der Waals surface area contributed by atoms with Crippen LogP contribution in [0, 0.1) is 6.92 Å². The minimum absolute atomic E-state index is 0.0584. The molecule has 0 spiro atoms. The van der Waals surface area contributed by atoms with Gasteiger partial charge in [0.2, 0.25) is 0 Å². The van der Waals surface area contributed by atoms with Crippen LogP contribution in [0.2, 0.25) is 5.02 Å². The molecule has 0 bridgehead atoms. The van der Waals surface area contributed by atoms with Gasteiger partial charge in [-0.15, -0.1) is 0 Å². The minimum atomic E-state index is -1.18. The molecule has 3 N–H and O–H groups in total. The third kappa shape index (κ3) is 1.53. The second-order valence-corrected chi connectivity index (χ2v) is 3.84. The van der Waals surface area contributed by atoms with Crippen LogP contribution in [0.15, 0.2) is 12.3 Å². The predicted octanol–water partition coefficient (Wildman–Crippen LogP) is 1.62. The van der Waals surface area contributed by atoms with Crippen molar-refractivity contribution in [3.63, 3.8) is 0 Å². The van der Waals surface area contributed by atoms with Gasteiger partial charge in [0.1, 0.15) is 0 Å². The fourth-order valence-electron chi connectivity index (χ4n) is 1.81. The first kappa shape index (κ1) is 11.4. The van der Waals surface area contributed by atoms with Gasteiger partial charge in [0.25, 0.3) is 0 Å². The van der Waals surface area contributed by atoms with Crippen LogP contribution < -0.4 is 5.73 Å². The Bertz CT molecular complexity index is 648. The largest absolute Gasteiger partial charge is 0.478 e. The molecule has 1 amide bonds. The van der Waals surface area contributed by atoms with Crippen molar-refractivity contribution < 1.29 is 14.7 Å². The maximum absolute atomic E-state index is 11.3. The molecule has 0 unspecified atom stereocenters. The van der Waals surface area contributed by atoms with E-state index in [2.05, 4.69) is 4.98 Å². The molecule has 6 nitrogen and oxygen atoms in total. The number of nitrogens with zero attached hydrogens (tertiary/aromatic N) is 2. The Morgan fingerprint density at radius 2 is 2.18 bits per heavy atom. The van der Waals surface area contributed by atoms with E-state index in [1.807, 2.05) is 0 Å². The van der Waals surface area contributed by atoms with E-state index in [0.717, 1.165) is 4.57 Å². The minimum Gasteiger partial charge on any atom is -0.478 e. The van der Waals surface area contributed by atoms with E-state index in [4.69, 9.17) is 22.4 Å². The average molecular weight is 254 g/mol. The number of aromatic nitrogens is 2. The van der Waals surface area contributed by atoms with Gasteiger partial charge < -0.3 is 10.8 Å². The molecule has 88 valence electrons. The number of carboxylic acids is 1. The summed E-state index contributed by atoms with van der Waals surface area (Å²) in [5.74, 6) is -1.18. The Kier molecular flexibility index (Phi) is 2.51. The molecule has 2 aromatic rings. The zero-order chi connectivity index (χ0) is 12.7. The summed E-state index contributed by atoms with van der Waals surface area (Å²) in [6, 6.07) is 0.663. The number of aromatic carboxylic acids is 1. The standard InChI is InChI=1S/C10H8ClN3O3/c1-4-6(9(15)16)7-5(11)2-3-13-8(7)14(4)10(12)17/h2-3H,1H3,(H2,12,17)(H,15,16). The van der Waals surface area contributed by atoms with E-state index in [1.165, 1.54) is 19.2 Å². The SMILES string of the molecule is Cc1c(C(=O)O)c2c(Cl)ccnc2n1C(N)=O. The summed E-state index contributed by atoms with van der Waals surface area (Å²) in [5, 5.41) is 9.57. The normalized spacial score (nSPS) is 10.7. The van der Waals surface area contributed by atoms with Gasteiger partial charge in [-0.3, -0.25) is 0 Å². The molecule has 2 heterocycles. The third-order valence-electron chi connectivity index (χ3n) is 2.47. The zero-order valence-corrected chi connectivity index (χ0v) is 9.52. The summed E-state index contributed by atoms with van der Waals surface area (Å²) in [6.45, 7) is 1.48. The van der Waals surface area contributed by atoms with Crippen molar-refractivity contribution in [1.82, 2.24) is 9.55 Å². The lowest BCUT2D eigenvalue weighted by Gasteiger charge is -2.00. The van der Waals surface area contributed by atoms with Gasteiger partial charge in [-0.25, -0.2) is 19.1 Å². The predicted molar refractivity (Wildman–Crippen MR) is 61.4 cm³/mol. The highest BCUT2D eigenvalue weighted by Gasteiger charge is 2.24. The molecule has 0 aliphatic rings. The number of carbonyl (C=O) groups excluding carboxylic acids is 1. The average Bonchev–Trinajstić information content (AvgIpc) is 2.51. The monoisotopic (exact) mass is 253 g/mol. The summed E-state index contributed by atoms with van der Waals surface area (Å²) in [6.07, 6.45) is 1.38. The third-order valence-corrected chi connectivity index (χ3v) is 2.79. The molecule has 17 heavy (non-hydrogen) atoms. The number of nitrogens with two attached hydrogens (primary N) is 1. The molecule has 0 fully saturated rings. The summed E-state index contributed by atoms with van der Waals surface area (Å²) in [4.78, 5) is 26.4. The zero-order valence-electron chi connectivity index (χ0n) is 8.77. The number of primary amides is 1. The lowest BCUT2D eigenvalue weighted by atomic mass is 10.2. The topological polar surface area (TPSA) is 98.2 Å². The van der Waals surface area contributed by atoms with Gasteiger partial charge in [0, 0.05) is 11.9 Å². The molecule has 0 aromatic carbocycles. The number of amides is 1. The van der Waals surface area contributed by atoms with E-state index in [-0.39, 0.29) is 27.3 Å². The van der Waals surface area contributed by atoms with E-state index in [0.29, 0.717) is 0 Å². The Morgan fingerprint density at radius 1 is 1.53 bits per heavy atom. The fourth-order valence-corrected chi connectivity index (χ4v) is 2.05. The molecule has 0 aliphatic heterocycles. The highest BCUT2D eigenvalue weighted by atomic mass is 35.5. The smallest absolute Gasteiger partial charge is 0.338 e. The maximum atomic E-state index is 11.3. The van der Waals surface area contributed by atoms with Crippen LogP contribution in [0.4, 0.5) is 4.79 Å². The van der Waals surface area contributed by atoms with Crippen molar-refractivity contribution in [2.75, 3.05) is 0 Å². The van der Waals surface area contributed by atoms with Gasteiger partial charge in [0.15, 0.2) is 5.65 Å². The Morgan fingerprint density at radius 3 is 2.71 bits per heavy atom. The van der Waals surface area contributed by atoms with Crippen molar-refractivity contribution in [1.29, 1.82) is 0 Å². The highest BCUT2D eigenvalue weighted by molar-refractivity contribution is 6.36. The van der Waals surface area contributed by atoms with Gasteiger partial charge >= 0.3 is 12.0 Å². The van der Waals surface area contributed by atoms with E-state index in [9.17, 15) is 9.59 Å². The lowest BCUT2D eigenvalue weighted by molar-refractivity contribution is 0.0698. The van der Waals surface area contributed by atoms with Gasteiger partial charge in [0.05, 0.1) is 16.0 Å². The van der Waals surface area contributed by atoms with E-state index in [1.54, 1.807) is 0 Å². The number of hydrogen-bond donors (Lipinski definition) is 2. The first-order valence-corrected chi connectivity index (χ1v) is 5.01. The van der Waals surface area contributed by atoms with Gasteiger partial charge in [-0.1, -0.05) is 11.6 Å². The summed E-state index contributed by atoms with van der Waals surface area (Å²) in [5.41, 5.74) is 5.50. The Labute approximate surface area is 101 Å². The van der Waals surface area contributed by atoms with Crippen LogP contribution in [-0.2, 0) is 0 Å². The Hall–Kier alpha value is -2.08. The van der Waals surface area contributed by atoms with E-state index >= 15 is 0 Å². The molecule has 0 atom stereocenters. The number of carboxylic acid groups (broad SMARTS) is 1. The fraction of sp³-hybridized carbons (Fsp3) is 0.100. The number of rotatable bonds is 1. The molecule has 0 saturated heterocycles. The molecule has 2 aromatic heterocycles. The van der Waals surface area contributed by atoms with Gasteiger partial charge in [-0.2, -0.15) is 0 Å². The van der Waals surface area contributed by atoms with Crippen LogP contribution in [-0.4, -0.2) is 26.7 Å². The van der Waals surface area contributed by atoms with Crippen molar-refractivity contribution >= 4 is 34.6 Å². The van der Waals surface area contributed by atoms with Crippen molar-refractivity contribution in [2.45, 2.75) is 6.92 Å². The quantitative estimate of drug-likeness (QED) is 0.807. The first-order chi connectivity index (χ1) is 7.95. The molecule has 2 rings (SSSR count). The number of hydrogen-bond acceptors (Lipinski definition) is 3. The molecule has 0 aliphatic carbocycles. The molecular formula is C10H8ClN3O3. The lowest BCUT2D eigenvalue weighted by Crippen LogP contribution is -2.21. The van der Waals surface area contributed by atoms with Crippen LogP contribution in [0.25, 0.3) is 11.0 Å². The Balaban J connectivity index is 3.04. The van der Waals surface area contributed by atoms with Crippen LogP contribution >= 0.6 is 11.6 Å². The highest BCUT2D eigenvalue weighted by Crippen LogP contribution is 2.30. The number of fused-ring (bicyclic) bond motifs is 1. The second-order valence-electron chi connectivity index (χ2n) is 3.43. The van der Waals surface area contributed by atoms with Gasteiger partial charge in [-0.05, 0) is 13.0 Å². The van der Waals surface area contributed by atoms with Crippen molar-refractivity contribution in [3.05, 3.63) is 28.5 Å². The summed E-state index contributed by atoms with van der Waals surface area (Å²) < 4.78 is 1.03. The summed E-state index contributed by atoms with van der Waals surface area (Å²) in [7, 11) is 0. The number of pyridine rings is 1. The van der Waals surface area contributed by atoms with Crippen molar-refractivity contribution in [2.24, 2.45) is 5.73 Å². The van der Waals surface area contributed by atoms with Crippen LogP contribution in [0.3, 0.4) is 0 Å². The maximum Gasteiger partial charge on any atom is 0.338 e. The van der Waals surface area contributed by atoms with Crippen LogP contribution in [0.1, 0.15) is 16.1 Å². The molecule has 7 heteroatoms. The van der Waals surface area contributed by atoms with Crippen LogP contribution in [0.5, 0.6) is 0 Å². The molecule has 0 radical (unpaired) electrons. The summed E-state index contributed by atoms with van der Waals surface area (Å²) >= 11 is 5.93. The first-order valence-electron chi connectivity index (χ1n) is 4.63. The molecular weight excluding hydrogens is 246 g/mol. The number of carbonyl (C=O) groups is 2. The second kappa shape index (κ2) is 3.74. The number of halogens is 1. The molecule has 0 saturated carbocycles.